The molecule has 0 bridgehead atoms. The summed E-state index contributed by atoms with van der Waals surface area (Å²) in [4.78, 5) is 11.7. The molecule has 1 aromatic carbocycles. The summed E-state index contributed by atoms with van der Waals surface area (Å²) in [6.07, 6.45) is 0. The number of nitrogens with zero attached hydrogens (tertiary/aromatic N) is 2. The number of aromatic nitrogens is 2. The Balaban J connectivity index is 1.77. The number of carbonyl (C=O) groups excluding carboxylic acids is 1. The summed E-state index contributed by atoms with van der Waals surface area (Å²) in [5.41, 5.74) is 6.38. The van der Waals surface area contributed by atoms with Gasteiger partial charge in [-0.05, 0) is 28.5 Å². The molecule has 0 saturated heterocycles. The van der Waals surface area contributed by atoms with E-state index in [1.165, 1.54) is 0 Å². The second kappa shape index (κ2) is 7.99. The fourth-order valence-corrected chi connectivity index (χ4v) is 1.94. The second-order valence-electron chi connectivity index (χ2n) is 4.61. The van der Waals surface area contributed by atoms with E-state index in [0.717, 1.165) is 17.1 Å². The zero-order chi connectivity index (χ0) is 16.7. The molecule has 4 N–H and O–H groups in total. The maximum absolute atomic E-state index is 11.7. The number of hydrogen-bond acceptors (Lipinski definition) is 8. The van der Waals surface area contributed by atoms with Gasteiger partial charge in [-0.3, -0.25) is 4.79 Å². The van der Waals surface area contributed by atoms with E-state index in [-0.39, 0.29) is 11.5 Å². The molecule has 1 aromatic heterocycles. The highest BCUT2D eigenvalue weighted by atomic mass is 16.6. The van der Waals surface area contributed by atoms with Crippen molar-refractivity contribution in [2.24, 2.45) is 0 Å². The molecule has 0 fully saturated rings. The number of nitrogens with two attached hydrogens (primary N) is 1. The summed E-state index contributed by atoms with van der Waals surface area (Å²) in [5.74, 6) is 1.06. The summed E-state index contributed by atoms with van der Waals surface area (Å²) in [6, 6.07) is 5.57. The Morgan fingerprint density at radius 3 is 2.74 bits per heavy atom. The van der Waals surface area contributed by atoms with Crippen molar-refractivity contribution in [2.45, 2.75) is 6.54 Å². The summed E-state index contributed by atoms with van der Waals surface area (Å²) >= 11 is 0. The van der Waals surface area contributed by atoms with Crippen LogP contribution >= 0.6 is 0 Å². The summed E-state index contributed by atoms with van der Waals surface area (Å²) in [7, 11) is 3.22. The van der Waals surface area contributed by atoms with Crippen LogP contribution in [0.25, 0.3) is 0 Å². The van der Waals surface area contributed by atoms with Crippen LogP contribution in [0.15, 0.2) is 22.8 Å². The van der Waals surface area contributed by atoms with Crippen molar-refractivity contribution in [3.63, 3.8) is 0 Å². The quantitative estimate of drug-likeness (QED) is 0.588. The molecule has 0 atom stereocenters. The molecule has 124 valence electrons. The van der Waals surface area contributed by atoms with Crippen LogP contribution in [0.1, 0.15) is 16.1 Å². The maximum atomic E-state index is 11.7. The van der Waals surface area contributed by atoms with E-state index in [1.54, 1.807) is 14.2 Å². The van der Waals surface area contributed by atoms with Gasteiger partial charge >= 0.3 is 0 Å². The first kappa shape index (κ1) is 16.6. The van der Waals surface area contributed by atoms with E-state index in [0.29, 0.717) is 19.6 Å². The van der Waals surface area contributed by atoms with Gasteiger partial charge in [0.15, 0.2) is 0 Å². The number of rotatable bonds is 8. The van der Waals surface area contributed by atoms with Gasteiger partial charge in [0.25, 0.3) is 5.91 Å². The normalized spacial score (nSPS) is 10.3. The predicted molar refractivity (Wildman–Crippen MR) is 82.3 cm³/mol. The number of anilines is 1. The van der Waals surface area contributed by atoms with Crippen LogP contribution in [0, 0.1) is 0 Å². The third-order valence-corrected chi connectivity index (χ3v) is 3.12. The number of amides is 1. The van der Waals surface area contributed by atoms with Crippen molar-refractivity contribution in [2.75, 3.05) is 33.0 Å². The Kier molecular flexibility index (Phi) is 5.75. The highest BCUT2D eigenvalue weighted by Gasteiger charge is 2.14. The molecule has 9 nitrogen and oxygen atoms in total. The van der Waals surface area contributed by atoms with Crippen molar-refractivity contribution < 1.29 is 18.9 Å². The molecule has 0 unspecified atom stereocenters. The number of carbonyl (C=O) groups is 1. The van der Waals surface area contributed by atoms with Crippen molar-refractivity contribution in [3.8, 4) is 11.5 Å². The van der Waals surface area contributed by atoms with Crippen LogP contribution in [-0.4, -0.2) is 43.5 Å². The fourth-order valence-electron chi connectivity index (χ4n) is 1.94. The number of methoxy groups -OCH3 is 2. The Labute approximate surface area is 133 Å². The lowest BCUT2D eigenvalue weighted by Gasteiger charge is -2.11. The SMILES string of the molecule is COc1ccc(OC)c(CNCCNC(=O)c2nonc2N)c1. The summed E-state index contributed by atoms with van der Waals surface area (Å²) in [6.45, 7) is 1.53. The number of ether oxygens (including phenoxy) is 2. The third-order valence-electron chi connectivity index (χ3n) is 3.12. The highest BCUT2D eigenvalue weighted by Crippen LogP contribution is 2.23. The van der Waals surface area contributed by atoms with Gasteiger partial charge in [-0.25, -0.2) is 4.63 Å². The van der Waals surface area contributed by atoms with Crippen LogP contribution in [0.4, 0.5) is 5.82 Å². The Morgan fingerprint density at radius 2 is 2.09 bits per heavy atom. The van der Waals surface area contributed by atoms with Crippen molar-refractivity contribution in [1.29, 1.82) is 0 Å². The lowest BCUT2D eigenvalue weighted by atomic mass is 10.2. The average Bonchev–Trinajstić information content (AvgIpc) is 3.00. The lowest BCUT2D eigenvalue weighted by molar-refractivity contribution is 0.0944. The second-order valence-corrected chi connectivity index (χ2v) is 4.61. The van der Waals surface area contributed by atoms with E-state index in [4.69, 9.17) is 15.2 Å². The van der Waals surface area contributed by atoms with Gasteiger partial charge in [0.1, 0.15) is 11.5 Å². The summed E-state index contributed by atoms with van der Waals surface area (Å²) in [5, 5.41) is 12.6. The van der Waals surface area contributed by atoms with Crippen molar-refractivity contribution in [1.82, 2.24) is 20.9 Å². The third kappa shape index (κ3) is 4.33. The minimum absolute atomic E-state index is 0.0144. The molecule has 0 radical (unpaired) electrons. The molecule has 0 aliphatic carbocycles. The standard InChI is InChI=1S/C14H19N5O4/c1-21-10-3-4-11(22-2)9(7-10)8-16-5-6-17-14(20)12-13(15)19-23-18-12/h3-4,7,16H,5-6,8H2,1-2H3,(H2,15,19)(H,17,20). The van der Waals surface area contributed by atoms with Gasteiger partial charge < -0.3 is 25.8 Å². The number of hydrogen-bond donors (Lipinski definition) is 3. The highest BCUT2D eigenvalue weighted by molar-refractivity contribution is 5.95. The van der Waals surface area contributed by atoms with Gasteiger partial charge in [0.05, 0.1) is 14.2 Å². The molecular formula is C14H19N5O4. The molecule has 0 aliphatic heterocycles. The van der Waals surface area contributed by atoms with Gasteiger partial charge in [-0.15, -0.1) is 0 Å². The predicted octanol–water partition coefficient (Wildman–Crippen LogP) is 0.189. The van der Waals surface area contributed by atoms with Gasteiger partial charge in [-0.2, -0.15) is 0 Å². The molecule has 1 heterocycles. The van der Waals surface area contributed by atoms with E-state index in [1.807, 2.05) is 18.2 Å². The molecule has 23 heavy (non-hydrogen) atoms. The lowest BCUT2D eigenvalue weighted by Crippen LogP contribution is -2.32. The molecule has 2 aromatic rings. The Bertz CT molecular complexity index is 658. The number of nitrogens with one attached hydrogen (secondary N) is 2. The first-order chi connectivity index (χ1) is 11.2. The monoisotopic (exact) mass is 321 g/mol. The largest absolute Gasteiger partial charge is 0.497 e. The number of nitrogen functional groups attached to an aromatic ring is 1. The smallest absolute Gasteiger partial charge is 0.277 e. The molecular weight excluding hydrogens is 302 g/mol. The maximum Gasteiger partial charge on any atom is 0.277 e. The Morgan fingerprint density at radius 1 is 1.26 bits per heavy atom. The minimum Gasteiger partial charge on any atom is -0.497 e. The minimum atomic E-state index is -0.426. The number of benzene rings is 1. The van der Waals surface area contributed by atoms with Crippen LogP contribution in [0.3, 0.4) is 0 Å². The molecule has 0 aliphatic rings. The zero-order valence-electron chi connectivity index (χ0n) is 13.0. The van der Waals surface area contributed by atoms with Crippen molar-refractivity contribution >= 4 is 11.7 Å². The van der Waals surface area contributed by atoms with E-state index < -0.39 is 5.91 Å². The molecule has 0 spiro atoms. The molecule has 2 rings (SSSR count). The summed E-state index contributed by atoms with van der Waals surface area (Å²) < 4.78 is 14.9. The van der Waals surface area contributed by atoms with Crippen LogP contribution in [0.2, 0.25) is 0 Å². The first-order valence-electron chi connectivity index (χ1n) is 6.93. The van der Waals surface area contributed by atoms with Crippen LogP contribution in [0.5, 0.6) is 11.5 Å². The van der Waals surface area contributed by atoms with E-state index in [2.05, 4.69) is 25.6 Å². The fraction of sp³-hybridized carbons (Fsp3) is 0.357. The topological polar surface area (TPSA) is 125 Å². The van der Waals surface area contributed by atoms with Crippen LogP contribution in [-0.2, 0) is 6.54 Å². The molecule has 1 amide bonds. The van der Waals surface area contributed by atoms with Crippen molar-refractivity contribution in [3.05, 3.63) is 29.5 Å². The van der Waals surface area contributed by atoms with E-state index >= 15 is 0 Å². The Hall–Kier alpha value is -2.81. The first-order valence-corrected chi connectivity index (χ1v) is 6.93. The van der Waals surface area contributed by atoms with Crippen LogP contribution < -0.4 is 25.8 Å². The van der Waals surface area contributed by atoms with Gasteiger partial charge in [0.2, 0.25) is 11.5 Å². The van der Waals surface area contributed by atoms with Gasteiger partial charge in [-0.1, -0.05) is 0 Å². The molecule has 0 saturated carbocycles. The zero-order valence-corrected chi connectivity index (χ0v) is 13.0. The average molecular weight is 321 g/mol. The molecule has 9 heteroatoms. The van der Waals surface area contributed by atoms with E-state index in [9.17, 15) is 4.79 Å². The van der Waals surface area contributed by atoms with Gasteiger partial charge in [0, 0.05) is 25.2 Å².